The minimum absolute atomic E-state index is 0.301. The molecule has 0 bridgehead atoms. The fourth-order valence-electron chi connectivity index (χ4n) is 2.63. The van der Waals surface area contributed by atoms with Crippen LogP contribution in [0, 0.1) is 10.5 Å². The van der Waals surface area contributed by atoms with Crippen LogP contribution in [-0.2, 0) is 6.61 Å². The molecule has 0 atom stereocenters. The van der Waals surface area contributed by atoms with Gasteiger partial charge < -0.3 is 10.1 Å². The van der Waals surface area contributed by atoms with Crippen molar-refractivity contribution in [2.24, 2.45) is 5.10 Å². The number of amides is 2. The van der Waals surface area contributed by atoms with Crippen molar-refractivity contribution in [3.05, 3.63) is 87.8 Å². The van der Waals surface area contributed by atoms with E-state index in [2.05, 4.69) is 70.3 Å². The highest BCUT2D eigenvalue weighted by molar-refractivity contribution is 14.1. The summed E-state index contributed by atoms with van der Waals surface area (Å²) in [5.74, 6) is 0.685. The largest absolute Gasteiger partial charge is 0.487 e. The molecule has 166 valence electrons. The molecule has 0 aliphatic rings. The fourth-order valence-corrected chi connectivity index (χ4v) is 5.11. The van der Waals surface area contributed by atoms with Crippen LogP contribution in [0.4, 0.5) is 10.5 Å². The van der Waals surface area contributed by atoms with Gasteiger partial charge in [0.1, 0.15) is 12.4 Å². The van der Waals surface area contributed by atoms with E-state index in [1.54, 1.807) is 24.4 Å². The number of nitrogens with one attached hydrogen (secondary N) is 2. The number of nitrogens with zero attached hydrogens (tertiary/aromatic N) is 1. The van der Waals surface area contributed by atoms with E-state index in [9.17, 15) is 4.79 Å². The van der Waals surface area contributed by atoms with Crippen LogP contribution < -0.4 is 15.5 Å². The van der Waals surface area contributed by atoms with Gasteiger partial charge in [-0.05, 0) is 99.0 Å². The summed E-state index contributed by atoms with van der Waals surface area (Å²) in [6.45, 7) is 2.25. The fraction of sp³-hybridized carbons (Fsp3) is 0.0909. The summed E-state index contributed by atoms with van der Waals surface area (Å²) >= 11 is 21.3. The number of aryl methyl sites for hydroxylation is 1. The van der Waals surface area contributed by atoms with E-state index in [1.807, 2.05) is 37.3 Å². The maximum Gasteiger partial charge on any atom is 0.339 e. The van der Waals surface area contributed by atoms with Gasteiger partial charge in [-0.2, -0.15) is 5.10 Å². The van der Waals surface area contributed by atoms with Crippen LogP contribution in [0.3, 0.4) is 0 Å². The van der Waals surface area contributed by atoms with Gasteiger partial charge in [-0.15, -0.1) is 0 Å². The summed E-state index contributed by atoms with van der Waals surface area (Å²) in [4.78, 5) is 12.1. The lowest BCUT2D eigenvalue weighted by molar-refractivity contribution is 0.252. The van der Waals surface area contributed by atoms with Crippen LogP contribution in [0.15, 0.2) is 62.6 Å². The van der Waals surface area contributed by atoms with Crippen LogP contribution in [0.5, 0.6) is 5.75 Å². The van der Waals surface area contributed by atoms with Crippen molar-refractivity contribution < 1.29 is 9.53 Å². The second-order valence-electron chi connectivity index (χ2n) is 6.63. The Balaban J connectivity index is 1.60. The molecule has 0 fully saturated rings. The molecule has 0 spiro atoms. The van der Waals surface area contributed by atoms with Gasteiger partial charge in [0.2, 0.25) is 0 Å². The summed E-state index contributed by atoms with van der Waals surface area (Å²) in [6, 6.07) is 14.1. The molecule has 2 N–H and O–H groups in total. The number of hydrogen-bond acceptors (Lipinski definition) is 3. The smallest absolute Gasteiger partial charge is 0.339 e. The van der Waals surface area contributed by atoms with Gasteiger partial charge >= 0.3 is 6.03 Å². The molecule has 0 aliphatic carbocycles. The van der Waals surface area contributed by atoms with Crippen LogP contribution >= 0.6 is 77.7 Å². The van der Waals surface area contributed by atoms with E-state index in [0.717, 1.165) is 29.2 Å². The number of hydrogen-bond donors (Lipinski definition) is 2. The highest BCUT2D eigenvalue weighted by atomic mass is 127. The molecule has 3 aromatic carbocycles. The van der Waals surface area contributed by atoms with Crippen molar-refractivity contribution in [1.82, 2.24) is 5.43 Å². The van der Waals surface area contributed by atoms with Gasteiger partial charge in [-0.1, -0.05) is 45.2 Å². The second kappa shape index (κ2) is 11.7. The molecule has 0 saturated carbocycles. The topological polar surface area (TPSA) is 62.7 Å². The highest BCUT2D eigenvalue weighted by Crippen LogP contribution is 2.33. The van der Waals surface area contributed by atoms with Crippen molar-refractivity contribution in [1.29, 1.82) is 0 Å². The lowest BCUT2D eigenvalue weighted by atomic mass is 10.2. The Morgan fingerprint density at radius 2 is 1.91 bits per heavy atom. The zero-order valence-corrected chi connectivity index (χ0v) is 23.4. The first-order chi connectivity index (χ1) is 15.2. The highest BCUT2D eigenvalue weighted by Gasteiger charge is 2.10. The summed E-state index contributed by atoms with van der Waals surface area (Å²) in [7, 11) is 0. The molecule has 0 heterocycles. The monoisotopic (exact) mass is 709 g/mol. The standard InChI is InChI=1S/C22H16Br2Cl2IN3O2/c1-12-6-16(4-5-17(12)23)29-22(31)30-28-10-13-7-18(24)21(20(27)8-13)32-11-14-2-3-15(25)9-19(14)26/h2-10H,11H2,1H3,(H2,29,30,31)/b28-10+. The lowest BCUT2D eigenvalue weighted by Gasteiger charge is -2.12. The Kier molecular flexibility index (Phi) is 9.24. The van der Waals surface area contributed by atoms with E-state index in [1.165, 1.54) is 0 Å². The molecule has 10 heteroatoms. The van der Waals surface area contributed by atoms with Crippen LogP contribution in [0.25, 0.3) is 0 Å². The average Bonchev–Trinajstić information content (AvgIpc) is 2.71. The summed E-state index contributed by atoms with van der Waals surface area (Å²) in [6.07, 6.45) is 1.55. The molecule has 0 saturated heterocycles. The second-order valence-corrected chi connectivity index (χ2v) is 10.3. The van der Waals surface area contributed by atoms with Gasteiger partial charge in [-0.25, -0.2) is 10.2 Å². The molecular weight excluding hydrogens is 696 g/mol. The molecule has 0 aromatic heterocycles. The third kappa shape index (κ3) is 7.08. The number of hydrazone groups is 1. The van der Waals surface area contributed by atoms with E-state index >= 15 is 0 Å². The quantitative estimate of drug-likeness (QED) is 0.154. The van der Waals surface area contributed by atoms with Gasteiger partial charge in [0.05, 0.1) is 14.3 Å². The van der Waals surface area contributed by atoms with Gasteiger partial charge in [0.15, 0.2) is 0 Å². The van der Waals surface area contributed by atoms with Gasteiger partial charge in [-0.3, -0.25) is 0 Å². The van der Waals surface area contributed by atoms with E-state index in [-0.39, 0.29) is 0 Å². The number of halogens is 5. The van der Waals surface area contributed by atoms with Crippen molar-refractivity contribution in [2.75, 3.05) is 5.32 Å². The minimum Gasteiger partial charge on any atom is -0.487 e. The lowest BCUT2D eigenvalue weighted by Crippen LogP contribution is -2.24. The van der Waals surface area contributed by atoms with Crippen molar-refractivity contribution in [2.45, 2.75) is 13.5 Å². The number of ether oxygens (including phenoxy) is 1. The molecule has 5 nitrogen and oxygen atoms in total. The first-order valence-corrected chi connectivity index (χ1v) is 12.6. The SMILES string of the molecule is Cc1cc(NC(=O)N/N=C/c2cc(Br)c(OCc3ccc(Cl)cc3Cl)c(I)c2)ccc1Br. The predicted octanol–water partition coefficient (Wildman–Crippen LogP) is 8.17. The molecule has 32 heavy (non-hydrogen) atoms. The molecule has 3 rings (SSSR count). The Morgan fingerprint density at radius 1 is 1.12 bits per heavy atom. The zero-order chi connectivity index (χ0) is 23.3. The first kappa shape index (κ1) is 25.3. The molecule has 3 aromatic rings. The van der Waals surface area contributed by atoms with E-state index in [0.29, 0.717) is 28.1 Å². The number of carbonyl (C=O) groups is 1. The minimum atomic E-state index is -0.434. The summed E-state index contributed by atoms with van der Waals surface area (Å²) < 4.78 is 8.55. The van der Waals surface area contributed by atoms with E-state index in [4.69, 9.17) is 27.9 Å². The third-order valence-electron chi connectivity index (χ3n) is 4.20. The summed E-state index contributed by atoms with van der Waals surface area (Å²) in [5.41, 5.74) is 5.78. The number of anilines is 1. The Bertz CT molecular complexity index is 1170. The van der Waals surface area contributed by atoms with E-state index < -0.39 is 6.03 Å². The Labute approximate surface area is 226 Å². The first-order valence-electron chi connectivity index (χ1n) is 9.15. The number of carbonyl (C=O) groups excluding carboxylic acids is 1. The molecule has 0 radical (unpaired) electrons. The number of benzene rings is 3. The molecular formula is C22H16Br2Cl2IN3O2. The number of rotatable bonds is 6. The van der Waals surface area contributed by atoms with Gasteiger partial charge in [0, 0.05) is 25.8 Å². The Hall–Kier alpha value is -1.33. The predicted molar refractivity (Wildman–Crippen MR) is 146 cm³/mol. The average molecular weight is 712 g/mol. The van der Waals surface area contributed by atoms with Crippen LogP contribution in [-0.4, -0.2) is 12.2 Å². The van der Waals surface area contributed by atoms with Crippen molar-refractivity contribution in [3.8, 4) is 5.75 Å². The number of urea groups is 1. The van der Waals surface area contributed by atoms with Crippen molar-refractivity contribution >= 4 is 95.6 Å². The molecule has 0 unspecified atom stereocenters. The third-order valence-corrected chi connectivity index (χ3v) is 7.07. The molecule has 2 amide bonds. The van der Waals surface area contributed by atoms with Gasteiger partial charge in [0.25, 0.3) is 0 Å². The van der Waals surface area contributed by atoms with Crippen LogP contribution in [0.1, 0.15) is 16.7 Å². The molecule has 0 aliphatic heterocycles. The zero-order valence-electron chi connectivity index (χ0n) is 16.6. The normalized spacial score (nSPS) is 10.9. The Morgan fingerprint density at radius 3 is 2.59 bits per heavy atom. The summed E-state index contributed by atoms with van der Waals surface area (Å²) in [5, 5.41) is 7.87. The van der Waals surface area contributed by atoms with Crippen molar-refractivity contribution in [3.63, 3.8) is 0 Å². The van der Waals surface area contributed by atoms with Crippen LogP contribution in [0.2, 0.25) is 10.0 Å². The maximum atomic E-state index is 12.1. The maximum absolute atomic E-state index is 12.1.